The Balaban J connectivity index is 1.30. The zero-order chi connectivity index (χ0) is 23.6. The monoisotopic (exact) mass is 470 g/mol. The summed E-state index contributed by atoms with van der Waals surface area (Å²) in [4.78, 5) is 0. The van der Waals surface area contributed by atoms with Gasteiger partial charge in [-0.1, -0.05) is 12.5 Å². The van der Waals surface area contributed by atoms with Crippen LogP contribution in [0.5, 0.6) is 5.75 Å². The van der Waals surface area contributed by atoms with E-state index in [2.05, 4.69) is 11.3 Å². The van der Waals surface area contributed by atoms with Crippen molar-refractivity contribution in [1.82, 2.24) is 0 Å². The Hall–Kier alpha value is -1.59. The maximum absolute atomic E-state index is 14.1. The second kappa shape index (κ2) is 10.4. The van der Waals surface area contributed by atoms with Gasteiger partial charge in [-0.15, -0.1) is 19.8 Å². The van der Waals surface area contributed by atoms with Crippen LogP contribution in [0, 0.1) is 41.2 Å². The second-order valence-corrected chi connectivity index (χ2v) is 10.6. The minimum Gasteiger partial charge on any atom is -0.399 e. The molecule has 0 spiro atoms. The summed E-state index contributed by atoms with van der Waals surface area (Å²) in [6.07, 6.45) is 11.1. The van der Waals surface area contributed by atoms with Crippen LogP contribution in [0.25, 0.3) is 0 Å². The highest BCUT2D eigenvalue weighted by molar-refractivity contribution is 5.33. The minimum absolute atomic E-state index is 0.0122. The van der Waals surface area contributed by atoms with E-state index in [1.165, 1.54) is 44.9 Å². The lowest BCUT2D eigenvalue weighted by molar-refractivity contribution is -0.276. The largest absolute Gasteiger partial charge is 0.573 e. The fourth-order valence-electron chi connectivity index (χ4n) is 7.02. The molecule has 3 aliphatic carbocycles. The summed E-state index contributed by atoms with van der Waals surface area (Å²) < 4.78 is 69.0. The summed E-state index contributed by atoms with van der Waals surface area (Å²) in [5, 5.41) is 0. The Morgan fingerprint density at radius 1 is 0.818 bits per heavy atom. The van der Waals surface area contributed by atoms with Crippen LogP contribution in [0.15, 0.2) is 24.8 Å². The number of alkyl halides is 3. The molecule has 1 aromatic rings. The average molecular weight is 471 g/mol. The molecule has 0 amide bonds. The summed E-state index contributed by atoms with van der Waals surface area (Å²) in [5.74, 6) is 0.0483. The Bertz CT molecular complexity index is 788. The molecular formula is C27H35F5O. The number of fused-ring (bicyclic) bond motifs is 1. The molecule has 3 saturated carbocycles. The van der Waals surface area contributed by atoms with Crippen molar-refractivity contribution < 1.29 is 26.7 Å². The normalized spacial score (nSPS) is 32.8. The lowest BCUT2D eigenvalue weighted by Gasteiger charge is -2.45. The number of ether oxygens (including phenoxy) is 1. The highest BCUT2D eigenvalue weighted by Gasteiger charge is 2.39. The van der Waals surface area contributed by atoms with E-state index in [-0.39, 0.29) is 5.92 Å². The van der Waals surface area contributed by atoms with Gasteiger partial charge in [0.15, 0.2) is 11.6 Å². The molecular weight excluding hydrogens is 435 g/mol. The molecule has 0 aliphatic heterocycles. The highest BCUT2D eigenvalue weighted by Crippen LogP contribution is 2.50. The lowest BCUT2D eigenvalue weighted by atomic mass is 9.60. The zero-order valence-electron chi connectivity index (χ0n) is 19.2. The topological polar surface area (TPSA) is 9.23 Å². The summed E-state index contributed by atoms with van der Waals surface area (Å²) in [6.45, 7) is 3.85. The number of hydrogen-bond donors (Lipinski definition) is 0. The minimum atomic E-state index is -5.12. The van der Waals surface area contributed by atoms with Crippen molar-refractivity contribution in [1.29, 1.82) is 0 Å². The number of hydrogen-bond acceptors (Lipinski definition) is 1. The summed E-state index contributed by atoms with van der Waals surface area (Å²) in [6, 6.07) is 2.04. The van der Waals surface area contributed by atoms with Gasteiger partial charge in [0.25, 0.3) is 0 Å². The van der Waals surface area contributed by atoms with Gasteiger partial charge < -0.3 is 4.74 Å². The first-order chi connectivity index (χ1) is 15.7. The highest BCUT2D eigenvalue weighted by atomic mass is 19.4. The van der Waals surface area contributed by atoms with Crippen LogP contribution < -0.4 is 4.74 Å². The van der Waals surface area contributed by atoms with E-state index in [0.717, 1.165) is 67.9 Å². The summed E-state index contributed by atoms with van der Waals surface area (Å²) >= 11 is 0. The van der Waals surface area contributed by atoms with E-state index in [4.69, 9.17) is 0 Å². The van der Waals surface area contributed by atoms with Crippen molar-refractivity contribution in [3.8, 4) is 5.75 Å². The van der Waals surface area contributed by atoms with Crippen molar-refractivity contribution in [2.45, 2.75) is 89.3 Å². The fraction of sp³-hybridized carbons (Fsp3) is 0.704. The Labute approximate surface area is 193 Å². The maximum atomic E-state index is 14.1. The number of benzene rings is 1. The fourth-order valence-corrected chi connectivity index (χ4v) is 7.02. The van der Waals surface area contributed by atoms with Gasteiger partial charge in [0.05, 0.1) is 0 Å². The van der Waals surface area contributed by atoms with E-state index in [1.807, 2.05) is 6.08 Å². The van der Waals surface area contributed by atoms with E-state index >= 15 is 0 Å². The van der Waals surface area contributed by atoms with Crippen molar-refractivity contribution >= 4 is 0 Å². The van der Waals surface area contributed by atoms with Crippen molar-refractivity contribution in [2.75, 3.05) is 0 Å². The maximum Gasteiger partial charge on any atom is 0.573 e. The van der Waals surface area contributed by atoms with Crippen LogP contribution in [0.2, 0.25) is 0 Å². The van der Waals surface area contributed by atoms with E-state index in [9.17, 15) is 22.0 Å². The second-order valence-electron chi connectivity index (χ2n) is 10.6. The molecule has 0 heterocycles. The Morgan fingerprint density at radius 3 is 1.97 bits per heavy atom. The average Bonchev–Trinajstić information content (AvgIpc) is 2.79. The predicted molar refractivity (Wildman–Crippen MR) is 119 cm³/mol. The van der Waals surface area contributed by atoms with Crippen LogP contribution in [-0.2, 0) is 0 Å². The number of rotatable bonds is 6. The van der Waals surface area contributed by atoms with Gasteiger partial charge in [-0.25, -0.2) is 8.78 Å². The van der Waals surface area contributed by atoms with Crippen LogP contribution >= 0.6 is 0 Å². The first kappa shape index (κ1) is 24.5. The Kier molecular flexibility index (Phi) is 7.69. The molecule has 0 aromatic heterocycles. The van der Waals surface area contributed by atoms with Gasteiger partial charge in [-0.05, 0) is 124 Å². The van der Waals surface area contributed by atoms with Crippen molar-refractivity contribution in [3.05, 3.63) is 42.0 Å². The quantitative estimate of drug-likeness (QED) is 0.298. The first-order valence-corrected chi connectivity index (χ1v) is 12.6. The van der Waals surface area contributed by atoms with E-state index < -0.39 is 23.7 Å². The smallest absolute Gasteiger partial charge is 0.399 e. The van der Waals surface area contributed by atoms with Gasteiger partial charge >= 0.3 is 6.36 Å². The third-order valence-electron chi connectivity index (χ3n) is 8.69. The van der Waals surface area contributed by atoms with Gasteiger partial charge in [0, 0.05) is 0 Å². The molecule has 4 rings (SSSR count). The third-order valence-corrected chi connectivity index (χ3v) is 8.69. The van der Waals surface area contributed by atoms with Crippen LogP contribution in [0.4, 0.5) is 22.0 Å². The SMILES string of the molecule is C=CCCC1CCC2CC(C3CCC(c4cc(F)c(OC(F)(F)F)c(F)c4)CC3)CCC2C1. The van der Waals surface area contributed by atoms with Crippen LogP contribution in [-0.4, -0.2) is 6.36 Å². The van der Waals surface area contributed by atoms with Crippen molar-refractivity contribution in [3.63, 3.8) is 0 Å². The number of allylic oxidation sites excluding steroid dienone is 1. The molecule has 0 bridgehead atoms. The van der Waals surface area contributed by atoms with Crippen LogP contribution in [0.1, 0.15) is 88.5 Å². The molecule has 0 N–H and O–H groups in total. The molecule has 4 unspecified atom stereocenters. The first-order valence-electron chi connectivity index (χ1n) is 12.6. The molecule has 4 atom stereocenters. The van der Waals surface area contributed by atoms with Gasteiger partial charge in [-0.2, -0.15) is 0 Å². The van der Waals surface area contributed by atoms with Gasteiger partial charge in [0.1, 0.15) is 0 Å². The standard InChI is InChI=1S/C27H35F5O/c1-2-3-4-17-5-6-22-14-21(12-11-20(22)13-17)18-7-9-19(10-8-18)23-15-24(28)26(25(29)16-23)33-27(30,31)32/h2,15-22H,1,3-14H2. The zero-order valence-corrected chi connectivity index (χ0v) is 19.2. The van der Waals surface area contributed by atoms with Gasteiger partial charge in [0.2, 0.25) is 5.75 Å². The van der Waals surface area contributed by atoms with E-state index in [1.54, 1.807) is 0 Å². The third kappa shape index (κ3) is 6.10. The molecule has 3 fully saturated rings. The molecule has 0 saturated heterocycles. The molecule has 1 aromatic carbocycles. The van der Waals surface area contributed by atoms with Crippen LogP contribution in [0.3, 0.4) is 0 Å². The van der Waals surface area contributed by atoms with E-state index in [0.29, 0.717) is 11.5 Å². The summed E-state index contributed by atoms with van der Waals surface area (Å²) in [7, 11) is 0. The van der Waals surface area contributed by atoms with Gasteiger partial charge in [-0.3, -0.25) is 0 Å². The Morgan fingerprint density at radius 2 is 1.36 bits per heavy atom. The number of halogens is 5. The summed E-state index contributed by atoms with van der Waals surface area (Å²) in [5.41, 5.74) is 0.444. The molecule has 6 heteroatoms. The molecule has 1 nitrogen and oxygen atoms in total. The molecule has 0 radical (unpaired) electrons. The molecule has 3 aliphatic rings. The van der Waals surface area contributed by atoms with Crippen molar-refractivity contribution in [2.24, 2.45) is 29.6 Å². The molecule has 184 valence electrons. The predicted octanol–water partition coefficient (Wildman–Crippen LogP) is 8.94. The lowest BCUT2D eigenvalue weighted by Crippen LogP contribution is -2.34. The molecule has 33 heavy (non-hydrogen) atoms.